The molecule has 0 aliphatic heterocycles. The molecule has 12 heteroatoms. The van der Waals surface area contributed by atoms with E-state index >= 15 is 0 Å². The Bertz CT molecular complexity index is 1200. The van der Waals surface area contributed by atoms with Crippen LogP contribution in [0.3, 0.4) is 0 Å². The number of hydrogen-bond acceptors (Lipinski definition) is 8. The number of allylic oxidation sites excluding steroid dienone is 2. The summed E-state index contributed by atoms with van der Waals surface area (Å²) < 4.78 is 9.82. The lowest BCUT2D eigenvalue weighted by molar-refractivity contribution is -0.137. The number of carboxylic acid groups (broad SMARTS) is 2. The van der Waals surface area contributed by atoms with Crippen LogP contribution in [0.25, 0.3) is 12.2 Å². The van der Waals surface area contributed by atoms with Crippen molar-refractivity contribution in [1.29, 1.82) is 0 Å². The predicted molar refractivity (Wildman–Crippen MR) is 138 cm³/mol. The van der Waals surface area contributed by atoms with Gasteiger partial charge in [-0.15, -0.1) is 0 Å². The highest BCUT2D eigenvalue weighted by molar-refractivity contribution is 6.67. The molecule has 0 aromatic heterocycles. The summed E-state index contributed by atoms with van der Waals surface area (Å²) in [7, 11) is 0. The second-order valence-electron chi connectivity index (χ2n) is 7.34. The van der Waals surface area contributed by atoms with Gasteiger partial charge in [0.2, 0.25) is 10.5 Å². The van der Waals surface area contributed by atoms with Crippen LogP contribution in [-0.2, 0) is 41.6 Å². The van der Waals surface area contributed by atoms with Crippen molar-refractivity contribution in [2.24, 2.45) is 0 Å². The molecule has 0 radical (unpaired) electrons. The summed E-state index contributed by atoms with van der Waals surface area (Å²) in [5, 5.41) is 16.3. The fourth-order valence-electron chi connectivity index (χ4n) is 2.84. The molecule has 0 bridgehead atoms. The highest BCUT2D eigenvalue weighted by atomic mass is 35.5. The highest BCUT2D eigenvalue weighted by Gasteiger charge is 2.11. The first-order valence-electron chi connectivity index (χ1n) is 10.6. The molecule has 0 amide bonds. The summed E-state index contributed by atoms with van der Waals surface area (Å²) in [4.78, 5) is 64.5. The van der Waals surface area contributed by atoms with Crippen molar-refractivity contribution in [3.05, 3.63) is 70.8 Å². The van der Waals surface area contributed by atoms with Gasteiger partial charge < -0.3 is 19.7 Å². The molecular weight excluding hydrogens is 543 g/mol. The van der Waals surface area contributed by atoms with Crippen molar-refractivity contribution in [2.45, 2.75) is 26.7 Å². The third-order valence-corrected chi connectivity index (χ3v) is 4.45. The maximum absolute atomic E-state index is 11.0. The van der Waals surface area contributed by atoms with Crippen LogP contribution in [0.15, 0.2) is 48.6 Å². The van der Waals surface area contributed by atoms with Crippen LogP contribution in [0.2, 0.25) is 0 Å². The van der Waals surface area contributed by atoms with Crippen molar-refractivity contribution in [3.63, 3.8) is 0 Å². The van der Waals surface area contributed by atoms with E-state index < -0.39 is 34.4 Å². The molecule has 10 nitrogen and oxygen atoms in total. The lowest BCUT2D eigenvalue weighted by Gasteiger charge is -2.09. The third kappa shape index (κ3) is 13.1. The number of carboxylic acids is 2. The summed E-state index contributed by atoms with van der Waals surface area (Å²) in [6.07, 6.45) is 4.64. The topological polar surface area (TPSA) is 161 Å². The van der Waals surface area contributed by atoms with E-state index in [0.717, 1.165) is 12.2 Å². The number of benzene rings is 2. The van der Waals surface area contributed by atoms with Crippen molar-refractivity contribution in [3.8, 4) is 11.5 Å². The predicted octanol–water partition coefficient (Wildman–Crippen LogP) is 4.04. The molecule has 0 heterocycles. The zero-order chi connectivity index (χ0) is 28.8. The van der Waals surface area contributed by atoms with Gasteiger partial charge in [-0.05, 0) is 69.7 Å². The third-order valence-electron chi connectivity index (χ3n) is 4.20. The van der Waals surface area contributed by atoms with Gasteiger partial charge in [-0.2, -0.15) is 0 Å². The molecule has 0 saturated heterocycles. The minimum absolute atomic E-state index is 0.0897. The molecule has 0 spiro atoms. The minimum Gasteiger partial charge on any atom is -0.481 e. The number of carbonyl (C=O) groups excluding carboxylic acids is 4. The molecule has 200 valence electrons. The average molecular weight is 565 g/mol. The monoisotopic (exact) mass is 564 g/mol. The van der Waals surface area contributed by atoms with E-state index in [9.17, 15) is 28.8 Å². The van der Waals surface area contributed by atoms with E-state index in [2.05, 4.69) is 0 Å². The smallest absolute Gasteiger partial charge is 0.308 e. The number of carbonyl (C=O) groups is 6. The quantitative estimate of drug-likeness (QED) is 0.186. The van der Waals surface area contributed by atoms with Crippen LogP contribution in [0.4, 0.5) is 0 Å². The summed E-state index contributed by atoms with van der Waals surface area (Å²) in [6, 6.07) is 9.16. The van der Waals surface area contributed by atoms with Crippen molar-refractivity contribution >= 4 is 69.7 Å². The van der Waals surface area contributed by atoms with Gasteiger partial charge in [-0.25, -0.2) is 0 Å². The van der Waals surface area contributed by atoms with Crippen LogP contribution in [0, 0.1) is 0 Å². The Morgan fingerprint density at radius 3 is 1.61 bits per heavy atom. The summed E-state index contributed by atoms with van der Waals surface area (Å²) >= 11 is 10.3. The molecule has 0 atom stereocenters. The van der Waals surface area contributed by atoms with Gasteiger partial charge in [0.05, 0.1) is 12.8 Å². The molecule has 2 aromatic rings. The molecule has 0 unspecified atom stereocenters. The highest BCUT2D eigenvalue weighted by Crippen LogP contribution is 2.29. The standard InChI is InChI=1S/2C13H11ClO5/c1-8(15)18-11-5-3-10(4-6-13(14)17)7-12(11)19-9(2)16;14-11(15)4-2-8-1-3-9(6-12(16)17)10(5-8)7-13(18)19/h3-7H,1-2H3;1-5H,6-7H2,(H,16,17)(H,18,19)/b6-4+;4-2+. The maximum atomic E-state index is 11.0. The Labute approximate surface area is 227 Å². The Kier molecular flexibility index (Phi) is 13.2. The van der Waals surface area contributed by atoms with E-state index in [-0.39, 0.29) is 24.3 Å². The molecule has 0 aliphatic carbocycles. The van der Waals surface area contributed by atoms with Gasteiger partial charge in [0.25, 0.3) is 0 Å². The Morgan fingerprint density at radius 1 is 0.684 bits per heavy atom. The number of halogens is 2. The largest absolute Gasteiger partial charge is 0.481 e. The number of ether oxygens (including phenoxy) is 2. The van der Waals surface area contributed by atoms with Crippen LogP contribution in [0.5, 0.6) is 11.5 Å². The number of hydrogen-bond donors (Lipinski definition) is 2. The lowest BCUT2D eigenvalue weighted by atomic mass is 9.99. The molecule has 2 N–H and O–H groups in total. The fourth-order valence-corrected chi connectivity index (χ4v) is 2.96. The minimum atomic E-state index is -1.05. The Hall–Kier alpha value is -4.28. The number of aliphatic carboxylic acids is 2. The molecule has 0 saturated carbocycles. The molecule has 38 heavy (non-hydrogen) atoms. The van der Waals surface area contributed by atoms with Crippen LogP contribution in [0.1, 0.15) is 36.1 Å². The fraction of sp³-hybridized carbons (Fsp3) is 0.154. The van der Waals surface area contributed by atoms with Crippen LogP contribution >= 0.6 is 23.2 Å². The van der Waals surface area contributed by atoms with Crippen molar-refractivity contribution in [2.75, 3.05) is 0 Å². The molecule has 2 rings (SSSR count). The Balaban J connectivity index is 0.000000380. The number of rotatable bonds is 10. The normalized spacial score (nSPS) is 10.4. The van der Waals surface area contributed by atoms with E-state index in [1.807, 2.05) is 0 Å². The van der Waals surface area contributed by atoms with Crippen molar-refractivity contribution in [1.82, 2.24) is 0 Å². The van der Waals surface area contributed by atoms with Gasteiger partial charge in [0.15, 0.2) is 11.5 Å². The van der Waals surface area contributed by atoms with Gasteiger partial charge in [-0.1, -0.05) is 36.4 Å². The maximum Gasteiger partial charge on any atom is 0.308 e. The first-order valence-corrected chi connectivity index (χ1v) is 11.3. The Morgan fingerprint density at radius 2 is 1.13 bits per heavy atom. The second kappa shape index (κ2) is 15.7. The first-order chi connectivity index (χ1) is 17.8. The van der Waals surface area contributed by atoms with Gasteiger partial charge in [-0.3, -0.25) is 28.8 Å². The van der Waals surface area contributed by atoms with Crippen molar-refractivity contribution < 1.29 is 48.5 Å². The van der Waals surface area contributed by atoms with Crippen LogP contribution in [-0.4, -0.2) is 44.6 Å². The van der Waals surface area contributed by atoms with E-state index in [4.69, 9.17) is 42.9 Å². The van der Waals surface area contributed by atoms with Gasteiger partial charge >= 0.3 is 23.9 Å². The SMILES string of the molecule is CC(=O)Oc1ccc(/C=C/C(=O)Cl)cc1OC(C)=O.O=C(Cl)/C=C/c1ccc(CC(=O)O)c(CC(=O)O)c1. The van der Waals surface area contributed by atoms with Crippen LogP contribution < -0.4 is 9.47 Å². The first kappa shape index (κ1) is 31.7. The number of esters is 2. The summed E-state index contributed by atoms with van der Waals surface area (Å²) in [5.74, 6) is -2.97. The molecule has 0 fully saturated rings. The molecule has 0 aliphatic rings. The molecular formula is C26H22Cl2O10. The summed E-state index contributed by atoms with van der Waals surface area (Å²) in [6.45, 7) is 2.46. The van der Waals surface area contributed by atoms with E-state index in [1.54, 1.807) is 12.1 Å². The van der Waals surface area contributed by atoms with E-state index in [0.29, 0.717) is 22.3 Å². The average Bonchev–Trinajstić information content (AvgIpc) is 2.78. The second-order valence-corrected chi connectivity index (χ2v) is 8.08. The lowest BCUT2D eigenvalue weighted by Crippen LogP contribution is -2.08. The molecule has 2 aromatic carbocycles. The van der Waals surface area contributed by atoms with Gasteiger partial charge in [0, 0.05) is 13.8 Å². The summed E-state index contributed by atoms with van der Waals surface area (Å²) in [5.41, 5.74) is 1.99. The zero-order valence-corrected chi connectivity index (χ0v) is 21.6. The zero-order valence-electron chi connectivity index (χ0n) is 20.1. The van der Waals surface area contributed by atoms with E-state index in [1.165, 1.54) is 50.3 Å². The van der Waals surface area contributed by atoms with Gasteiger partial charge in [0.1, 0.15) is 0 Å².